The average molecular weight is 413 g/mol. The third kappa shape index (κ3) is 4.61. The van der Waals surface area contributed by atoms with Crippen molar-refractivity contribution in [3.8, 4) is 5.82 Å². The molecule has 4 rings (SSSR count). The van der Waals surface area contributed by atoms with Gasteiger partial charge in [-0.2, -0.15) is 5.10 Å². The first-order chi connectivity index (χ1) is 15.1. The monoisotopic (exact) mass is 413 g/mol. The summed E-state index contributed by atoms with van der Waals surface area (Å²) in [6, 6.07) is 15.8. The Labute approximate surface area is 178 Å². The van der Waals surface area contributed by atoms with Gasteiger partial charge in [0.1, 0.15) is 12.7 Å². The number of nitrogens with one attached hydrogen (secondary N) is 2. The predicted molar refractivity (Wildman–Crippen MR) is 113 cm³/mol. The molecule has 0 aliphatic heterocycles. The van der Waals surface area contributed by atoms with Crippen molar-refractivity contribution in [2.75, 3.05) is 5.32 Å². The lowest BCUT2D eigenvalue weighted by Gasteiger charge is -2.19. The normalized spacial score (nSPS) is 11.5. The molecule has 0 saturated heterocycles. The van der Waals surface area contributed by atoms with Crippen LogP contribution in [0.25, 0.3) is 5.82 Å². The average Bonchev–Trinajstić information content (AvgIpc) is 3.34. The molecule has 1 unspecified atom stereocenters. The molecule has 0 spiro atoms. The third-order valence-electron chi connectivity index (χ3n) is 4.55. The second-order valence-corrected chi connectivity index (χ2v) is 6.74. The van der Waals surface area contributed by atoms with Gasteiger partial charge in [-0.1, -0.05) is 35.9 Å². The van der Waals surface area contributed by atoms with Gasteiger partial charge >= 0.3 is 11.8 Å². The van der Waals surface area contributed by atoms with Crippen LogP contribution >= 0.6 is 0 Å². The summed E-state index contributed by atoms with van der Waals surface area (Å²) in [5.74, 6) is -1.28. The number of carbonyl (C=O) groups is 2. The van der Waals surface area contributed by atoms with Crippen molar-refractivity contribution in [3.63, 3.8) is 0 Å². The number of hydrogen-bond donors (Lipinski definition) is 2. The molecule has 1 aromatic carbocycles. The van der Waals surface area contributed by atoms with E-state index in [1.807, 2.05) is 37.3 Å². The van der Waals surface area contributed by atoms with E-state index in [1.54, 1.807) is 36.7 Å². The molecule has 0 saturated carbocycles. The van der Waals surface area contributed by atoms with E-state index in [9.17, 15) is 9.59 Å². The number of carbonyl (C=O) groups excluding carboxylic acids is 2. The SMILES string of the molecule is Cc1ccc(C(NC(=O)C(=O)Nc2cccnc2-n2cncn2)c2ccccn2)cc1. The Kier molecular flexibility index (Phi) is 5.75. The lowest BCUT2D eigenvalue weighted by atomic mass is 10.0. The van der Waals surface area contributed by atoms with Crippen LogP contribution in [0.5, 0.6) is 0 Å². The summed E-state index contributed by atoms with van der Waals surface area (Å²) in [5.41, 5.74) is 2.86. The van der Waals surface area contributed by atoms with Crippen molar-refractivity contribution >= 4 is 17.5 Å². The van der Waals surface area contributed by atoms with Crippen LogP contribution in [0, 0.1) is 6.92 Å². The van der Waals surface area contributed by atoms with Gasteiger partial charge in [0.05, 0.1) is 17.4 Å². The van der Waals surface area contributed by atoms with Crippen molar-refractivity contribution < 1.29 is 9.59 Å². The molecule has 9 nitrogen and oxygen atoms in total. The van der Waals surface area contributed by atoms with Gasteiger partial charge < -0.3 is 10.6 Å². The van der Waals surface area contributed by atoms with Gasteiger partial charge in [0.2, 0.25) is 0 Å². The van der Waals surface area contributed by atoms with Gasteiger partial charge in [0.25, 0.3) is 0 Å². The molecule has 31 heavy (non-hydrogen) atoms. The maximum absolute atomic E-state index is 12.8. The molecule has 3 aromatic heterocycles. The van der Waals surface area contributed by atoms with Crippen molar-refractivity contribution in [1.82, 2.24) is 30.0 Å². The van der Waals surface area contributed by atoms with Crippen molar-refractivity contribution in [2.24, 2.45) is 0 Å². The number of hydrogen-bond acceptors (Lipinski definition) is 6. The van der Waals surface area contributed by atoms with Gasteiger partial charge in [-0.15, -0.1) is 0 Å². The molecule has 0 aliphatic rings. The van der Waals surface area contributed by atoms with Crippen molar-refractivity contribution in [1.29, 1.82) is 0 Å². The first-order valence-corrected chi connectivity index (χ1v) is 9.51. The van der Waals surface area contributed by atoms with E-state index in [0.717, 1.165) is 11.1 Å². The molecule has 0 bridgehead atoms. The van der Waals surface area contributed by atoms with E-state index in [-0.39, 0.29) is 0 Å². The molecule has 3 heterocycles. The second-order valence-electron chi connectivity index (χ2n) is 6.74. The summed E-state index contributed by atoms with van der Waals surface area (Å²) < 4.78 is 1.40. The summed E-state index contributed by atoms with van der Waals surface area (Å²) >= 11 is 0. The quantitative estimate of drug-likeness (QED) is 0.485. The highest BCUT2D eigenvalue weighted by Gasteiger charge is 2.23. The molecular formula is C22H19N7O2. The zero-order chi connectivity index (χ0) is 21.6. The van der Waals surface area contributed by atoms with E-state index in [4.69, 9.17) is 0 Å². The molecule has 0 fully saturated rings. The molecule has 2 N–H and O–H groups in total. The number of nitrogens with zero attached hydrogens (tertiary/aromatic N) is 5. The third-order valence-corrected chi connectivity index (χ3v) is 4.55. The van der Waals surface area contributed by atoms with E-state index in [0.29, 0.717) is 17.2 Å². The first-order valence-electron chi connectivity index (χ1n) is 9.51. The minimum Gasteiger partial charge on any atom is -0.335 e. The summed E-state index contributed by atoms with van der Waals surface area (Å²) in [6.07, 6.45) is 6.00. The first kappa shape index (κ1) is 19.9. The zero-order valence-electron chi connectivity index (χ0n) is 16.6. The summed E-state index contributed by atoms with van der Waals surface area (Å²) in [4.78, 5) is 37.9. The highest BCUT2D eigenvalue weighted by molar-refractivity contribution is 6.39. The number of anilines is 1. The fraction of sp³-hybridized carbons (Fsp3) is 0.0909. The number of amides is 2. The van der Waals surface area contributed by atoms with E-state index in [1.165, 1.54) is 17.3 Å². The fourth-order valence-corrected chi connectivity index (χ4v) is 3.00. The van der Waals surface area contributed by atoms with Crippen LogP contribution in [-0.2, 0) is 9.59 Å². The molecule has 0 aliphatic carbocycles. The maximum Gasteiger partial charge on any atom is 0.313 e. The van der Waals surface area contributed by atoms with Crippen LogP contribution in [0.3, 0.4) is 0 Å². The van der Waals surface area contributed by atoms with Gasteiger partial charge in [0, 0.05) is 12.4 Å². The van der Waals surface area contributed by atoms with Crippen LogP contribution < -0.4 is 10.6 Å². The van der Waals surface area contributed by atoms with Gasteiger partial charge in [-0.25, -0.2) is 14.6 Å². The second kappa shape index (κ2) is 8.95. The fourth-order valence-electron chi connectivity index (χ4n) is 3.00. The molecule has 4 aromatic rings. The van der Waals surface area contributed by atoms with E-state index in [2.05, 4.69) is 30.7 Å². The molecule has 1 atom stereocenters. The minimum atomic E-state index is -0.831. The van der Waals surface area contributed by atoms with E-state index >= 15 is 0 Å². The Morgan fingerprint density at radius 1 is 0.935 bits per heavy atom. The Balaban J connectivity index is 1.56. The van der Waals surface area contributed by atoms with Crippen LogP contribution in [0.15, 0.2) is 79.6 Å². The number of aromatic nitrogens is 5. The summed E-state index contributed by atoms with van der Waals surface area (Å²) in [6.45, 7) is 1.98. The molecule has 9 heteroatoms. The van der Waals surface area contributed by atoms with Crippen LogP contribution in [0.2, 0.25) is 0 Å². The largest absolute Gasteiger partial charge is 0.335 e. The molecule has 0 radical (unpaired) electrons. The Bertz CT molecular complexity index is 1180. The molecule has 2 amide bonds. The van der Waals surface area contributed by atoms with Crippen LogP contribution in [0.1, 0.15) is 22.9 Å². The number of benzene rings is 1. The van der Waals surface area contributed by atoms with Crippen LogP contribution in [0.4, 0.5) is 5.69 Å². The van der Waals surface area contributed by atoms with E-state index < -0.39 is 17.9 Å². The number of rotatable bonds is 5. The Morgan fingerprint density at radius 3 is 2.45 bits per heavy atom. The lowest BCUT2D eigenvalue weighted by molar-refractivity contribution is -0.136. The number of pyridine rings is 2. The summed E-state index contributed by atoms with van der Waals surface area (Å²) in [7, 11) is 0. The topological polar surface area (TPSA) is 115 Å². The Morgan fingerprint density at radius 2 is 1.74 bits per heavy atom. The predicted octanol–water partition coefficient (Wildman–Crippen LogP) is 2.21. The van der Waals surface area contributed by atoms with Gasteiger partial charge in [-0.3, -0.25) is 14.6 Å². The Hall–Kier alpha value is -4.40. The van der Waals surface area contributed by atoms with Crippen molar-refractivity contribution in [2.45, 2.75) is 13.0 Å². The highest BCUT2D eigenvalue weighted by atomic mass is 16.2. The zero-order valence-corrected chi connectivity index (χ0v) is 16.6. The van der Waals surface area contributed by atoms with Crippen LogP contribution in [-0.4, -0.2) is 36.5 Å². The molecular weight excluding hydrogens is 394 g/mol. The number of aryl methyl sites for hydroxylation is 1. The van der Waals surface area contributed by atoms with Gasteiger partial charge in [0.15, 0.2) is 5.82 Å². The van der Waals surface area contributed by atoms with Gasteiger partial charge in [-0.05, 0) is 36.8 Å². The highest BCUT2D eigenvalue weighted by Crippen LogP contribution is 2.21. The minimum absolute atomic E-state index is 0.331. The van der Waals surface area contributed by atoms with Crippen molar-refractivity contribution in [3.05, 3.63) is 96.5 Å². The molecule has 154 valence electrons. The lowest BCUT2D eigenvalue weighted by Crippen LogP contribution is -2.38. The summed E-state index contributed by atoms with van der Waals surface area (Å²) in [5, 5.41) is 9.39. The maximum atomic E-state index is 12.8. The smallest absolute Gasteiger partial charge is 0.313 e. The standard InChI is InChI=1S/C22H19N7O2/c1-15-7-9-16(10-8-15)19(17-5-2-3-11-24-17)28-22(31)21(30)27-18-6-4-12-25-20(18)29-14-23-13-26-29/h2-14,19H,1H3,(H,27,30)(H,28,31).